The highest BCUT2D eigenvalue weighted by molar-refractivity contribution is 5.73. The smallest absolute Gasteiger partial charge is 0.345 e. The number of benzene rings is 2. The molecule has 2 aromatic rings. The molecular weight excluding hydrogens is 288 g/mol. The topological polar surface area (TPSA) is 46.5 Å². The summed E-state index contributed by atoms with van der Waals surface area (Å²) < 4.78 is 5.87. The van der Waals surface area contributed by atoms with Crippen LogP contribution in [0.1, 0.15) is 42.0 Å². The number of rotatable bonds is 6. The monoisotopic (exact) mass is 312 g/mol. The van der Waals surface area contributed by atoms with Gasteiger partial charge >= 0.3 is 5.97 Å². The van der Waals surface area contributed by atoms with Crippen LogP contribution in [0.3, 0.4) is 0 Å². The van der Waals surface area contributed by atoms with Crippen molar-refractivity contribution in [1.29, 1.82) is 0 Å². The molecule has 0 heterocycles. The zero-order chi connectivity index (χ0) is 17.0. The normalized spacial score (nSPS) is 12.2. The fourth-order valence-corrected chi connectivity index (χ4v) is 2.62. The second-order valence-electron chi connectivity index (χ2n) is 6.27. The van der Waals surface area contributed by atoms with Crippen LogP contribution in [0.25, 0.3) is 0 Å². The van der Waals surface area contributed by atoms with Gasteiger partial charge in [0.15, 0.2) is 6.10 Å². The molecule has 1 N–H and O–H groups in total. The first-order chi connectivity index (χ1) is 10.9. The minimum absolute atomic E-state index is 0.279. The van der Waals surface area contributed by atoms with Gasteiger partial charge in [-0.2, -0.15) is 0 Å². The first-order valence-corrected chi connectivity index (χ1v) is 7.93. The Morgan fingerprint density at radius 3 is 2.48 bits per heavy atom. The van der Waals surface area contributed by atoms with E-state index in [4.69, 9.17) is 4.74 Å². The predicted octanol–water partition coefficient (Wildman–Crippen LogP) is 4.50. The second-order valence-corrected chi connectivity index (χ2v) is 6.27. The van der Waals surface area contributed by atoms with Gasteiger partial charge in [-0.25, -0.2) is 4.79 Å². The third-order valence-corrected chi connectivity index (χ3v) is 4.00. The molecular formula is C20H24O3. The molecule has 2 aromatic carbocycles. The lowest BCUT2D eigenvalue weighted by atomic mass is 9.99. The van der Waals surface area contributed by atoms with E-state index < -0.39 is 12.1 Å². The van der Waals surface area contributed by atoms with Crippen LogP contribution in [-0.2, 0) is 11.2 Å². The SMILES string of the molecule is Cc1ccc(C)c(C[C@H](Oc2ccccc2C(C)C)C(=O)O)c1. The van der Waals surface area contributed by atoms with Crippen molar-refractivity contribution in [2.45, 2.75) is 46.1 Å². The third kappa shape index (κ3) is 4.35. The minimum Gasteiger partial charge on any atom is -0.478 e. The van der Waals surface area contributed by atoms with Gasteiger partial charge in [0.2, 0.25) is 0 Å². The molecule has 0 saturated carbocycles. The second kappa shape index (κ2) is 7.32. The Bertz CT molecular complexity index is 689. The molecule has 0 aliphatic rings. The van der Waals surface area contributed by atoms with Gasteiger partial charge in [0.1, 0.15) is 5.75 Å². The Morgan fingerprint density at radius 2 is 1.83 bits per heavy atom. The number of hydrogen-bond donors (Lipinski definition) is 1. The molecule has 122 valence electrons. The molecule has 0 radical (unpaired) electrons. The van der Waals surface area contributed by atoms with Crippen molar-refractivity contribution in [3.05, 3.63) is 64.7 Å². The third-order valence-electron chi connectivity index (χ3n) is 4.00. The summed E-state index contributed by atoms with van der Waals surface area (Å²) in [7, 11) is 0. The molecule has 0 fully saturated rings. The van der Waals surface area contributed by atoms with Gasteiger partial charge in [-0.15, -0.1) is 0 Å². The number of hydrogen-bond acceptors (Lipinski definition) is 2. The molecule has 0 amide bonds. The molecule has 0 spiro atoms. The van der Waals surface area contributed by atoms with Gasteiger partial charge < -0.3 is 9.84 Å². The molecule has 3 nitrogen and oxygen atoms in total. The van der Waals surface area contributed by atoms with Crippen LogP contribution in [0.2, 0.25) is 0 Å². The summed E-state index contributed by atoms with van der Waals surface area (Å²) in [6.45, 7) is 8.15. The predicted molar refractivity (Wildman–Crippen MR) is 92.2 cm³/mol. The number of carboxylic acid groups (broad SMARTS) is 1. The maximum absolute atomic E-state index is 11.7. The average molecular weight is 312 g/mol. The Balaban J connectivity index is 2.27. The zero-order valence-electron chi connectivity index (χ0n) is 14.2. The first-order valence-electron chi connectivity index (χ1n) is 7.93. The van der Waals surface area contributed by atoms with Crippen LogP contribution < -0.4 is 4.74 Å². The van der Waals surface area contributed by atoms with Crippen molar-refractivity contribution < 1.29 is 14.6 Å². The van der Waals surface area contributed by atoms with E-state index in [9.17, 15) is 9.90 Å². The molecule has 3 heteroatoms. The van der Waals surface area contributed by atoms with Crippen LogP contribution in [0.5, 0.6) is 5.75 Å². The van der Waals surface area contributed by atoms with Crippen molar-refractivity contribution in [3.8, 4) is 5.75 Å². The molecule has 2 rings (SSSR count). The van der Waals surface area contributed by atoms with Gasteiger partial charge in [0.05, 0.1) is 0 Å². The van der Waals surface area contributed by atoms with E-state index in [1.54, 1.807) is 0 Å². The van der Waals surface area contributed by atoms with E-state index in [0.717, 1.165) is 22.3 Å². The minimum atomic E-state index is -0.940. The highest BCUT2D eigenvalue weighted by Crippen LogP contribution is 2.27. The van der Waals surface area contributed by atoms with Crippen LogP contribution in [0.15, 0.2) is 42.5 Å². The van der Waals surface area contributed by atoms with Crippen LogP contribution in [0, 0.1) is 13.8 Å². The molecule has 0 bridgehead atoms. The number of ether oxygens (including phenoxy) is 1. The zero-order valence-corrected chi connectivity index (χ0v) is 14.2. The van der Waals surface area contributed by atoms with Gasteiger partial charge in [-0.1, -0.05) is 55.8 Å². The number of para-hydroxylation sites is 1. The number of aliphatic carboxylic acids is 1. The van der Waals surface area contributed by atoms with Gasteiger partial charge in [0.25, 0.3) is 0 Å². The Kier molecular flexibility index (Phi) is 5.43. The average Bonchev–Trinajstić information content (AvgIpc) is 2.50. The maximum Gasteiger partial charge on any atom is 0.345 e. The van der Waals surface area contributed by atoms with E-state index in [2.05, 4.69) is 13.8 Å². The molecule has 23 heavy (non-hydrogen) atoms. The Labute approximate surface area is 137 Å². The maximum atomic E-state index is 11.7. The molecule has 0 saturated heterocycles. The fraction of sp³-hybridized carbons (Fsp3) is 0.350. The molecule has 0 aromatic heterocycles. The van der Waals surface area contributed by atoms with Crippen molar-refractivity contribution in [3.63, 3.8) is 0 Å². The van der Waals surface area contributed by atoms with Gasteiger partial charge in [0, 0.05) is 6.42 Å². The van der Waals surface area contributed by atoms with Gasteiger partial charge in [-0.3, -0.25) is 0 Å². The standard InChI is InChI=1S/C20H24O3/c1-13(2)17-7-5-6-8-18(17)23-19(20(21)22)12-16-11-14(3)9-10-15(16)4/h5-11,13,19H,12H2,1-4H3,(H,21,22)/t19-/m0/s1. The largest absolute Gasteiger partial charge is 0.478 e. The molecule has 0 unspecified atom stereocenters. The van der Waals surface area contributed by atoms with Crippen molar-refractivity contribution in [1.82, 2.24) is 0 Å². The fourth-order valence-electron chi connectivity index (χ4n) is 2.62. The summed E-state index contributed by atoms with van der Waals surface area (Å²) in [6, 6.07) is 13.7. The summed E-state index contributed by atoms with van der Waals surface area (Å²) in [5.74, 6) is -0.00831. The summed E-state index contributed by atoms with van der Waals surface area (Å²) in [5, 5.41) is 9.56. The number of aryl methyl sites for hydroxylation is 2. The van der Waals surface area contributed by atoms with E-state index in [1.807, 2.05) is 56.3 Å². The lowest BCUT2D eigenvalue weighted by molar-refractivity contribution is -0.145. The molecule has 0 aliphatic carbocycles. The highest BCUT2D eigenvalue weighted by Gasteiger charge is 2.22. The van der Waals surface area contributed by atoms with Gasteiger partial charge in [-0.05, 0) is 42.5 Å². The lowest BCUT2D eigenvalue weighted by Crippen LogP contribution is -2.30. The van der Waals surface area contributed by atoms with Crippen molar-refractivity contribution >= 4 is 5.97 Å². The summed E-state index contributed by atoms with van der Waals surface area (Å²) in [4.78, 5) is 11.7. The van der Waals surface area contributed by atoms with E-state index >= 15 is 0 Å². The van der Waals surface area contributed by atoms with Crippen LogP contribution in [-0.4, -0.2) is 17.2 Å². The summed E-state index contributed by atoms with van der Waals surface area (Å²) >= 11 is 0. The van der Waals surface area contributed by atoms with E-state index in [1.165, 1.54) is 0 Å². The number of carboxylic acids is 1. The van der Waals surface area contributed by atoms with Crippen LogP contribution in [0.4, 0.5) is 0 Å². The molecule has 0 aliphatic heterocycles. The lowest BCUT2D eigenvalue weighted by Gasteiger charge is -2.20. The molecule has 1 atom stereocenters. The van der Waals surface area contributed by atoms with Crippen molar-refractivity contribution in [2.24, 2.45) is 0 Å². The van der Waals surface area contributed by atoms with E-state index in [0.29, 0.717) is 12.2 Å². The first kappa shape index (κ1) is 17.1. The highest BCUT2D eigenvalue weighted by atomic mass is 16.5. The Hall–Kier alpha value is -2.29. The van der Waals surface area contributed by atoms with E-state index in [-0.39, 0.29) is 5.92 Å². The van der Waals surface area contributed by atoms with Crippen LogP contribution >= 0.6 is 0 Å². The number of carbonyl (C=O) groups is 1. The summed E-state index contributed by atoms with van der Waals surface area (Å²) in [5.41, 5.74) is 4.25. The Morgan fingerprint density at radius 1 is 1.13 bits per heavy atom. The quantitative estimate of drug-likeness (QED) is 0.854. The summed E-state index contributed by atoms with van der Waals surface area (Å²) in [6.07, 6.45) is -0.537. The van der Waals surface area contributed by atoms with Crippen molar-refractivity contribution in [2.75, 3.05) is 0 Å².